The summed E-state index contributed by atoms with van der Waals surface area (Å²) < 4.78 is 32.8. The Kier molecular flexibility index (Phi) is 5.26. The average molecular weight is 382 g/mol. The standard InChI is InChI=1S/C16H16BrNO3S/c1-3-11-18(13-7-5-4-6-8-13)22(19,20)14-9-10-16(21-2)15(17)12-14/h3-10,12H,1,11H2,2H3. The van der Waals surface area contributed by atoms with E-state index >= 15 is 0 Å². The van der Waals surface area contributed by atoms with E-state index in [1.165, 1.54) is 23.5 Å². The van der Waals surface area contributed by atoms with Crippen LogP contribution in [0, 0.1) is 0 Å². The van der Waals surface area contributed by atoms with E-state index in [9.17, 15) is 8.42 Å². The van der Waals surface area contributed by atoms with E-state index in [1.807, 2.05) is 6.07 Å². The number of ether oxygens (including phenoxy) is 1. The zero-order valence-corrected chi connectivity index (χ0v) is 14.5. The van der Waals surface area contributed by atoms with E-state index in [0.717, 1.165) is 0 Å². The highest BCUT2D eigenvalue weighted by Crippen LogP contribution is 2.30. The van der Waals surface area contributed by atoms with Gasteiger partial charge in [0.15, 0.2) is 0 Å². The largest absolute Gasteiger partial charge is 0.496 e. The highest BCUT2D eigenvalue weighted by Gasteiger charge is 2.24. The van der Waals surface area contributed by atoms with Crippen molar-refractivity contribution in [2.45, 2.75) is 4.90 Å². The molecule has 2 aromatic carbocycles. The molecular weight excluding hydrogens is 366 g/mol. The topological polar surface area (TPSA) is 46.6 Å². The van der Waals surface area contributed by atoms with Gasteiger partial charge in [-0.3, -0.25) is 4.31 Å². The van der Waals surface area contributed by atoms with Crippen LogP contribution in [-0.4, -0.2) is 22.1 Å². The first-order valence-corrected chi connectivity index (χ1v) is 8.76. The van der Waals surface area contributed by atoms with Crippen molar-refractivity contribution in [3.05, 3.63) is 65.7 Å². The molecule has 0 aliphatic heterocycles. The molecule has 0 saturated heterocycles. The molecule has 2 aromatic rings. The first kappa shape index (κ1) is 16.6. The third-order valence-corrected chi connectivity index (χ3v) is 5.46. The number of anilines is 1. The van der Waals surface area contributed by atoms with E-state index < -0.39 is 10.0 Å². The molecule has 0 fully saturated rings. The monoisotopic (exact) mass is 381 g/mol. The summed E-state index contributed by atoms with van der Waals surface area (Å²) in [5.74, 6) is 0.578. The molecule has 0 aliphatic carbocycles. The summed E-state index contributed by atoms with van der Waals surface area (Å²) in [4.78, 5) is 0.186. The Hall–Kier alpha value is -1.79. The number of hydrogen-bond donors (Lipinski definition) is 0. The molecule has 0 aromatic heterocycles. The number of halogens is 1. The second-order valence-corrected chi connectivity index (χ2v) is 7.17. The molecule has 0 N–H and O–H groups in total. The Morgan fingerprint density at radius 1 is 1.23 bits per heavy atom. The van der Waals surface area contributed by atoms with Crippen LogP contribution in [0.2, 0.25) is 0 Å². The third kappa shape index (κ3) is 3.34. The molecule has 0 spiro atoms. The quantitative estimate of drug-likeness (QED) is 0.714. The van der Waals surface area contributed by atoms with Gasteiger partial charge in [0, 0.05) is 0 Å². The average Bonchev–Trinajstić information content (AvgIpc) is 2.53. The Bertz CT molecular complexity index is 760. The summed E-state index contributed by atoms with van der Waals surface area (Å²) in [6, 6.07) is 13.6. The molecule has 0 aliphatic rings. The minimum atomic E-state index is -3.69. The van der Waals surface area contributed by atoms with Crippen LogP contribution in [0.1, 0.15) is 0 Å². The van der Waals surface area contributed by atoms with Gasteiger partial charge in [-0.15, -0.1) is 6.58 Å². The number of nitrogens with zero attached hydrogens (tertiary/aromatic N) is 1. The van der Waals surface area contributed by atoms with Gasteiger partial charge in [-0.1, -0.05) is 24.3 Å². The Morgan fingerprint density at radius 3 is 2.45 bits per heavy atom. The van der Waals surface area contributed by atoms with E-state index in [1.54, 1.807) is 36.4 Å². The van der Waals surface area contributed by atoms with Gasteiger partial charge in [0.1, 0.15) is 5.75 Å². The predicted molar refractivity (Wildman–Crippen MR) is 91.9 cm³/mol. The highest BCUT2D eigenvalue weighted by atomic mass is 79.9. The van der Waals surface area contributed by atoms with Gasteiger partial charge in [-0.05, 0) is 46.3 Å². The van der Waals surface area contributed by atoms with Crippen molar-refractivity contribution in [3.63, 3.8) is 0 Å². The van der Waals surface area contributed by atoms with E-state index in [-0.39, 0.29) is 11.4 Å². The molecule has 0 amide bonds. The van der Waals surface area contributed by atoms with Crippen LogP contribution in [0.15, 0.2) is 70.6 Å². The molecule has 0 heterocycles. The van der Waals surface area contributed by atoms with Gasteiger partial charge in [-0.25, -0.2) is 8.42 Å². The number of sulfonamides is 1. The van der Waals surface area contributed by atoms with Crippen molar-refractivity contribution < 1.29 is 13.2 Å². The Balaban J connectivity index is 2.50. The zero-order chi connectivity index (χ0) is 16.2. The molecular formula is C16H16BrNO3S. The van der Waals surface area contributed by atoms with E-state index in [4.69, 9.17) is 4.74 Å². The number of benzene rings is 2. The number of hydrogen-bond acceptors (Lipinski definition) is 3. The lowest BCUT2D eigenvalue weighted by Gasteiger charge is -2.23. The predicted octanol–water partition coefficient (Wildman–Crippen LogP) is 3.84. The third-order valence-electron chi connectivity index (χ3n) is 3.05. The fourth-order valence-corrected chi connectivity index (χ4v) is 4.14. The molecule has 22 heavy (non-hydrogen) atoms. The fraction of sp³-hybridized carbons (Fsp3) is 0.125. The maximum Gasteiger partial charge on any atom is 0.264 e. The first-order valence-electron chi connectivity index (χ1n) is 6.53. The lowest BCUT2D eigenvalue weighted by Crippen LogP contribution is -2.31. The van der Waals surface area contributed by atoms with E-state index in [2.05, 4.69) is 22.5 Å². The smallest absolute Gasteiger partial charge is 0.264 e. The fourth-order valence-electron chi connectivity index (χ4n) is 1.99. The normalized spacial score (nSPS) is 11.0. The molecule has 6 heteroatoms. The summed E-state index contributed by atoms with van der Waals surface area (Å²) in [6.45, 7) is 3.83. The van der Waals surface area contributed by atoms with Crippen LogP contribution in [0.25, 0.3) is 0 Å². The first-order chi connectivity index (χ1) is 10.5. The lowest BCUT2D eigenvalue weighted by atomic mass is 10.3. The minimum absolute atomic E-state index is 0.186. The van der Waals surface area contributed by atoms with Gasteiger partial charge < -0.3 is 4.74 Å². The van der Waals surface area contributed by atoms with Gasteiger partial charge >= 0.3 is 0 Å². The molecule has 0 unspecified atom stereocenters. The van der Waals surface area contributed by atoms with Crippen molar-refractivity contribution in [1.82, 2.24) is 0 Å². The molecule has 0 atom stereocenters. The second-order valence-electron chi connectivity index (χ2n) is 4.46. The molecule has 0 bridgehead atoms. The SMILES string of the molecule is C=CCN(c1ccccc1)S(=O)(=O)c1ccc(OC)c(Br)c1. The van der Waals surface area contributed by atoms with Crippen LogP contribution < -0.4 is 9.04 Å². The van der Waals surface area contributed by atoms with Crippen molar-refractivity contribution in [3.8, 4) is 5.75 Å². The van der Waals surface area contributed by atoms with Crippen LogP contribution in [0.5, 0.6) is 5.75 Å². The van der Waals surface area contributed by atoms with Gasteiger partial charge in [-0.2, -0.15) is 0 Å². The molecule has 116 valence electrons. The number of methoxy groups -OCH3 is 1. The molecule has 2 rings (SSSR count). The van der Waals surface area contributed by atoms with Crippen molar-refractivity contribution in [2.24, 2.45) is 0 Å². The zero-order valence-electron chi connectivity index (χ0n) is 12.1. The van der Waals surface area contributed by atoms with Gasteiger partial charge in [0.05, 0.1) is 28.7 Å². The summed E-state index contributed by atoms with van der Waals surface area (Å²) in [7, 11) is -2.16. The molecule has 4 nitrogen and oxygen atoms in total. The highest BCUT2D eigenvalue weighted by molar-refractivity contribution is 9.10. The number of rotatable bonds is 6. The van der Waals surface area contributed by atoms with Crippen molar-refractivity contribution in [1.29, 1.82) is 0 Å². The maximum absolute atomic E-state index is 12.9. The van der Waals surface area contributed by atoms with Crippen LogP contribution in [0.4, 0.5) is 5.69 Å². The molecule has 0 radical (unpaired) electrons. The Labute approximate surface area is 139 Å². The second kappa shape index (κ2) is 6.98. The Morgan fingerprint density at radius 2 is 1.91 bits per heavy atom. The van der Waals surface area contributed by atoms with Crippen molar-refractivity contribution in [2.75, 3.05) is 18.0 Å². The van der Waals surface area contributed by atoms with Crippen LogP contribution >= 0.6 is 15.9 Å². The lowest BCUT2D eigenvalue weighted by molar-refractivity contribution is 0.411. The van der Waals surface area contributed by atoms with Crippen LogP contribution in [-0.2, 0) is 10.0 Å². The summed E-state index contributed by atoms with van der Waals surface area (Å²) in [5.41, 5.74) is 0.592. The van der Waals surface area contributed by atoms with E-state index in [0.29, 0.717) is 15.9 Å². The summed E-state index contributed by atoms with van der Waals surface area (Å²) >= 11 is 3.32. The van der Waals surface area contributed by atoms with Crippen molar-refractivity contribution >= 4 is 31.6 Å². The summed E-state index contributed by atoms with van der Waals surface area (Å²) in [5, 5.41) is 0. The van der Waals surface area contributed by atoms with Gasteiger partial charge in [0.2, 0.25) is 0 Å². The maximum atomic E-state index is 12.9. The number of para-hydroxylation sites is 1. The minimum Gasteiger partial charge on any atom is -0.496 e. The van der Waals surface area contributed by atoms with Crippen LogP contribution in [0.3, 0.4) is 0 Å². The summed E-state index contributed by atoms with van der Waals surface area (Å²) in [6.07, 6.45) is 1.56. The molecule has 0 saturated carbocycles. The van der Waals surface area contributed by atoms with Gasteiger partial charge in [0.25, 0.3) is 10.0 Å².